The Morgan fingerprint density at radius 3 is 2.64 bits per heavy atom. The van der Waals surface area contributed by atoms with E-state index in [1.165, 1.54) is 17.2 Å². The molecule has 1 atom stereocenters. The molecule has 0 aliphatic rings. The fraction of sp³-hybridized carbons (Fsp3) is 0.353. The lowest BCUT2D eigenvalue weighted by Gasteiger charge is -2.16. The molecule has 3 rings (SSSR count). The monoisotopic (exact) mass is 405 g/mol. The molecule has 0 radical (unpaired) electrons. The first-order valence-corrected chi connectivity index (χ1v) is 8.79. The number of benzene rings is 1. The lowest BCUT2D eigenvalue weighted by Crippen LogP contribution is -2.37. The van der Waals surface area contributed by atoms with Gasteiger partial charge in [-0.3, -0.25) is 13.9 Å². The highest BCUT2D eigenvalue weighted by molar-refractivity contribution is 9.10. The molecule has 0 saturated heterocycles. The number of fused-ring (bicyclic) bond motifs is 1. The zero-order chi connectivity index (χ0) is 18.1. The van der Waals surface area contributed by atoms with Crippen LogP contribution in [0, 0.1) is 0 Å². The Morgan fingerprint density at radius 1 is 1.20 bits per heavy atom. The highest BCUT2D eigenvalue weighted by Gasteiger charge is 2.14. The van der Waals surface area contributed by atoms with E-state index in [2.05, 4.69) is 39.2 Å². The predicted molar refractivity (Wildman–Crippen MR) is 101 cm³/mol. The Hall–Kier alpha value is -2.19. The molecule has 1 unspecified atom stereocenters. The van der Waals surface area contributed by atoms with E-state index in [1.54, 1.807) is 17.9 Å². The zero-order valence-electron chi connectivity index (χ0n) is 14.4. The maximum absolute atomic E-state index is 12.4. The van der Waals surface area contributed by atoms with Gasteiger partial charge in [-0.15, -0.1) is 0 Å². The van der Waals surface area contributed by atoms with Gasteiger partial charge >= 0.3 is 5.69 Å². The van der Waals surface area contributed by atoms with E-state index >= 15 is 0 Å². The third-order valence-electron chi connectivity index (χ3n) is 4.39. The normalized spacial score (nSPS) is 12.6. The van der Waals surface area contributed by atoms with Crippen LogP contribution in [-0.2, 0) is 20.6 Å². The minimum Gasteiger partial charge on any atom is -0.323 e. The number of hydrogen-bond acceptors (Lipinski definition) is 4. The van der Waals surface area contributed by atoms with Crippen molar-refractivity contribution in [3.8, 4) is 0 Å². The van der Waals surface area contributed by atoms with Gasteiger partial charge in [0.15, 0.2) is 11.2 Å². The fourth-order valence-electron chi connectivity index (χ4n) is 2.90. The summed E-state index contributed by atoms with van der Waals surface area (Å²) < 4.78 is 5.35. The maximum atomic E-state index is 12.4. The standard InChI is InChI=1S/C17H20BrN5O2/c1-11(12-6-4-5-7-13(12)18)19-8-9-23-10-20-15-14(23)16(24)22(3)17(25)21(15)2/h4-7,10-11,19H,8-9H2,1-3H3. The number of halogens is 1. The number of hydrogen-bond donors (Lipinski definition) is 1. The number of aromatic nitrogens is 4. The smallest absolute Gasteiger partial charge is 0.323 e. The Balaban J connectivity index is 1.80. The van der Waals surface area contributed by atoms with Crippen LogP contribution in [0.4, 0.5) is 0 Å². The van der Waals surface area contributed by atoms with Gasteiger partial charge in [0, 0.05) is 37.7 Å². The molecule has 132 valence electrons. The van der Waals surface area contributed by atoms with Crippen LogP contribution in [-0.4, -0.2) is 25.2 Å². The lowest BCUT2D eigenvalue weighted by molar-refractivity contribution is 0.533. The molecule has 1 N–H and O–H groups in total. The van der Waals surface area contributed by atoms with Gasteiger partial charge in [-0.2, -0.15) is 0 Å². The van der Waals surface area contributed by atoms with Gasteiger partial charge in [0.25, 0.3) is 5.56 Å². The van der Waals surface area contributed by atoms with Crippen molar-refractivity contribution >= 4 is 27.1 Å². The van der Waals surface area contributed by atoms with Crippen molar-refractivity contribution in [3.63, 3.8) is 0 Å². The summed E-state index contributed by atoms with van der Waals surface area (Å²) in [5, 5.41) is 3.45. The van der Waals surface area contributed by atoms with Crippen LogP contribution in [0.5, 0.6) is 0 Å². The second-order valence-electron chi connectivity index (χ2n) is 6.01. The molecule has 0 aliphatic heterocycles. The Bertz CT molecular complexity index is 1030. The predicted octanol–water partition coefficient (Wildman–Crippen LogP) is 1.55. The van der Waals surface area contributed by atoms with E-state index in [0.717, 1.165) is 9.04 Å². The number of aryl methyl sites for hydroxylation is 1. The molecule has 7 nitrogen and oxygen atoms in total. The average molecular weight is 406 g/mol. The van der Waals surface area contributed by atoms with Crippen LogP contribution in [0.1, 0.15) is 18.5 Å². The second kappa shape index (κ2) is 6.97. The van der Waals surface area contributed by atoms with E-state index < -0.39 is 0 Å². The van der Waals surface area contributed by atoms with Crippen molar-refractivity contribution in [2.45, 2.75) is 19.5 Å². The molecule has 0 fully saturated rings. The van der Waals surface area contributed by atoms with Crippen molar-refractivity contribution in [2.24, 2.45) is 14.1 Å². The van der Waals surface area contributed by atoms with Crippen molar-refractivity contribution in [3.05, 3.63) is 61.5 Å². The first-order chi connectivity index (χ1) is 11.9. The van der Waals surface area contributed by atoms with Gasteiger partial charge in [-0.05, 0) is 18.6 Å². The molecule has 1 aromatic carbocycles. The first-order valence-electron chi connectivity index (χ1n) is 8.00. The number of imidazole rings is 1. The third-order valence-corrected chi connectivity index (χ3v) is 5.11. The summed E-state index contributed by atoms with van der Waals surface area (Å²) in [6, 6.07) is 8.24. The molecular formula is C17H20BrN5O2. The molecular weight excluding hydrogens is 386 g/mol. The highest BCUT2D eigenvalue weighted by atomic mass is 79.9. The molecule has 25 heavy (non-hydrogen) atoms. The summed E-state index contributed by atoms with van der Waals surface area (Å²) in [4.78, 5) is 28.6. The first kappa shape index (κ1) is 17.6. The van der Waals surface area contributed by atoms with Crippen LogP contribution in [0.2, 0.25) is 0 Å². The van der Waals surface area contributed by atoms with Gasteiger partial charge in [-0.1, -0.05) is 34.1 Å². The lowest BCUT2D eigenvalue weighted by atomic mass is 10.1. The molecule has 0 bridgehead atoms. The van der Waals surface area contributed by atoms with Crippen LogP contribution >= 0.6 is 15.9 Å². The van der Waals surface area contributed by atoms with Crippen LogP contribution in [0.3, 0.4) is 0 Å². The molecule has 2 heterocycles. The van der Waals surface area contributed by atoms with Gasteiger partial charge in [-0.25, -0.2) is 9.78 Å². The van der Waals surface area contributed by atoms with Crippen molar-refractivity contribution in [1.29, 1.82) is 0 Å². The van der Waals surface area contributed by atoms with Gasteiger partial charge < -0.3 is 9.88 Å². The average Bonchev–Trinajstić information content (AvgIpc) is 3.02. The Labute approximate surface area is 153 Å². The maximum Gasteiger partial charge on any atom is 0.332 e. The number of nitrogens with one attached hydrogen (secondary N) is 1. The SMILES string of the molecule is CC(NCCn1cnc2c1c(=O)n(C)c(=O)n2C)c1ccccc1Br. The molecule has 0 saturated carbocycles. The van der Waals surface area contributed by atoms with Gasteiger partial charge in [0.2, 0.25) is 0 Å². The van der Waals surface area contributed by atoms with Crippen molar-refractivity contribution in [2.75, 3.05) is 6.54 Å². The Morgan fingerprint density at radius 2 is 1.92 bits per heavy atom. The topological polar surface area (TPSA) is 73.8 Å². The third kappa shape index (κ3) is 3.19. The summed E-state index contributed by atoms with van der Waals surface area (Å²) >= 11 is 3.56. The summed E-state index contributed by atoms with van der Waals surface area (Å²) in [6.07, 6.45) is 1.61. The molecule has 0 amide bonds. The van der Waals surface area contributed by atoms with E-state index in [1.807, 2.05) is 18.2 Å². The fourth-order valence-corrected chi connectivity index (χ4v) is 3.53. The quantitative estimate of drug-likeness (QED) is 0.698. The van der Waals surface area contributed by atoms with Crippen molar-refractivity contribution < 1.29 is 0 Å². The number of nitrogens with zero attached hydrogens (tertiary/aromatic N) is 4. The van der Waals surface area contributed by atoms with Crippen LogP contribution in [0.15, 0.2) is 44.7 Å². The largest absolute Gasteiger partial charge is 0.332 e. The van der Waals surface area contributed by atoms with E-state index in [4.69, 9.17) is 0 Å². The van der Waals surface area contributed by atoms with Gasteiger partial charge in [0.1, 0.15) is 0 Å². The minimum absolute atomic E-state index is 0.164. The molecule has 8 heteroatoms. The van der Waals surface area contributed by atoms with Gasteiger partial charge in [0.05, 0.1) is 6.33 Å². The van der Waals surface area contributed by atoms with E-state index in [9.17, 15) is 9.59 Å². The summed E-state index contributed by atoms with van der Waals surface area (Å²) in [5.74, 6) is 0. The minimum atomic E-state index is -0.372. The summed E-state index contributed by atoms with van der Waals surface area (Å²) in [7, 11) is 3.10. The molecule has 3 aromatic rings. The zero-order valence-corrected chi connectivity index (χ0v) is 15.9. The highest BCUT2D eigenvalue weighted by Crippen LogP contribution is 2.22. The van der Waals surface area contributed by atoms with Crippen LogP contribution in [0.25, 0.3) is 11.2 Å². The van der Waals surface area contributed by atoms with Crippen molar-refractivity contribution in [1.82, 2.24) is 24.0 Å². The summed E-state index contributed by atoms with van der Waals surface area (Å²) in [6.45, 7) is 3.34. The molecule has 2 aromatic heterocycles. The van der Waals surface area contributed by atoms with Crippen LogP contribution < -0.4 is 16.6 Å². The Kier molecular flexibility index (Phi) is 4.91. The van der Waals surface area contributed by atoms with E-state index in [0.29, 0.717) is 24.3 Å². The summed E-state index contributed by atoms with van der Waals surface area (Å²) in [5.41, 5.74) is 1.33. The number of rotatable bonds is 5. The molecule has 0 spiro atoms. The molecule has 0 aliphatic carbocycles. The second-order valence-corrected chi connectivity index (χ2v) is 6.87. The van der Waals surface area contributed by atoms with E-state index in [-0.39, 0.29) is 17.3 Å².